The Balaban J connectivity index is 2.09. The van der Waals surface area contributed by atoms with Crippen LogP contribution in [0, 0.1) is 10.1 Å². The van der Waals surface area contributed by atoms with E-state index in [0.717, 1.165) is 13.0 Å². The molecule has 0 spiro atoms. The van der Waals surface area contributed by atoms with Gasteiger partial charge in [-0.3, -0.25) is 14.9 Å². The van der Waals surface area contributed by atoms with Gasteiger partial charge in [0.15, 0.2) is 0 Å². The zero-order valence-corrected chi connectivity index (χ0v) is 15.8. The fourth-order valence-electron chi connectivity index (χ4n) is 2.51. The van der Waals surface area contributed by atoms with Gasteiger partial charge in [-0.25, -0.2) is 4.79 Å². The van der Waals surface area contributed by atoms with Gasteiger partial charge in [-0.15, -0.1) is 0 Å². The van der Waals surface area contributed by atoms with Crippen molar-refractivity contribution >= 4 is 52.7 Å². The Morgan fingerprint density at radius 3 is 2.46 bits per heavy atom. The number of esters is 2. The number of nitro groups is 1. The molecule has 0 radical (unpaired) electrons. The van der Waals surface area contributed by atoms with Gasteiger partial charge in [0.05, 0.1) is 10.5 Å². The van der Waals surface area contributed by atoms with Gasteiger partial charge in [-0.1, -0.05) is 23.2 Å². The molecule has 0 aliphatic carbocycles. The van der Waals surface area contributed by atoms with Gasteiger partial charge < -0.3 is 9.47 Å². The lowest BCUT2D eigenvalue weighted by molar-refractivity contribution is -0.385. The highest BCUT2D eigenvalue weighted by Crippen LogP contribution is 2.37. The molecule has 0 saturated heterocycles. The first kappa shape index (κ1) is 19.6. The van der Waals surface area contributed by atoms with Crippen molar-refractivity contribution in [1.82, 2.24) is 0 Å². The quantitative estimate of drug-likeness (QED) is 0.232. The third-order valence-electron chi connectivity index (χ3n) is 3.67. The van der Waals surface area contributed by atoms with Crippen LogP contribution in [0.2, 0.25) is 10.0 Å². The second kappa shape index (κ2) is 7.84. The Labute approximate surface area is 168 Å². The smallest absolute Gasteiger partial charge is 0.343 e. The summed E-state index contributed by atoms with van der Waals surface area (Å²) in [5, 5.41) is 11.9. The van der Waals surface area contributed by atoms with Crippen LogP contribution in [0.25, 0.3) is 11.8 Å². The van der Waals surface area contributed by atoms with Crippen LogP contribution < -0.4 is 4.74 Å². The molecule has 1 heterocycles. The first-order valence-corrected chi connectivity index (χ1v) is 8.58. The molecule has 0 aromatic heterocycles. The lowest BCUT2D eigenvalue weighted by Crippen LogP contribution is -2.06. The minimum atomic E-state index is -0.753. The molecular weight excluding hydrogens is 409 g/mol. The van der Waals surface area contributed by atoms with Crippen molar-refractivity contribution in [2.24, 2.45) is 0 Å². The van der Waals surface area contributed by atoms with E-state index in [4.69, 9.17) is 32.7 Å². The van der Waals surface area contributed by atoms with Crippen molar-refractivity contribution in [1.29, 1.82) is 0 Å². The number of ether oxygens (including phenoxy) is 2. The molecule has 28 heavy (non-hydrogen) atoms. The van der Waals surface area contributed by atoms with Crippen LogP contribution in [-0.4, -0.2) is 16.9 Å². The maximum atomic E-state index is 12.2. The van der Waals surface area contributed by atoms with Crippen LogP contribution in [0.3, 0.4) is 0 Å². The lowest BCUT2D eigenvalue weighted by Gasteiger charge is -2.07. The minimum absolute atomic E-state index is 0.0442. The maximum Gasteiger partial charge on any atom is 0.343 e. The highest BCUT2D eigenvalue weighted by molar-refractivity contribution is 6.31. The van der Waals surface area contributed by atoms with Gasteiger partial charge in [0.2, 0.25) is 5.75 Å². The second-order valence-electron chi connectivity index (χ2n) is 5.70. The number of hydrogen-bond donors (Lipinski definition) is 0. The van der Waals surface area contributed by atoms with Crippen LogP contribution in [-0.2, 0) is 14.3 Å². The molecule has 0 N–H and O–H groups in total. The Morgan fingerprint density at radius 2 is 1.86 bits per heavy atom. The number of cyclic esters (lactones) is 1. The van der Waals surface area contributed by atoms with Crippen molar-refractivity contribution in [3.8, 4) is 5.75 Å². The molecular formula is C19H11Cl2NO6. The first-order valence-electron chi connectivity index (χ1n) is 7.82. The van der Waals surface area contributed by atoms with Crippen LogP contribution in [0.1, 0.15) is 18.1 Å². The van der Waals surface area contributed by atoms with Gasteiger partial charge in [0, 0.05) is 34.2 Å². The zero-order chi connectivity index (χ0) is 20.4. The van der Waals surface area contributed by atoms with Gasteiger partial charge >= 0.3 is 17.6 Å². The van der Waals surface area contributed by atoms with Crippen LogP contribution in [0.5, 0.6) is 5.75 Å². The summed E-state index contributed by atoms with van der Waals surface area (Å²) < 4.78 is 10.2. The van der Waals surface area contributed by atoms with Crippen molar-refractivity contribution in [2.75, 3.05) is 0 Å². The van der Waals surface area contributed by atoms with Gasteiger partial charge in [0.25, 0.3) is 0 Å². The molecule has 2 aromatic carbocycles. The molecule has 0 saturated carbocycles. The molecule has 9 heteroatoms. The van der Waals surface area contributed by atoms with E-state index in [-0.39, 0.29) is 21.9 Å². The predicted octanol–water partition coefficient (Wildman–Crippen LogP) is 4.81. The van der Waals surface area contributed by atoms with Gasteiger partial charge in [0.1, 0.15) is 5.76 Å². The third-order valence-corrected chi connectivity index (χ3v) is 4.14. The summed E-state index contributed by atoms with van der Waals surface area (Å²) in [5.41, 5.74) is 0.325. The number of benzene rings is 2. The molecule has 7 nitrogen and oxygen atoms in total. The first-order chi connectivity index (χ1) is 13.2. The molecule has 142 valence electrons. The molecule has 0 bridgehead atoms. The third kappa shape index (κ3) is 4.21. The SMILES string of the molecule is CC(=O)Oc1c(/C=C2/C=C(c3ccc(Cl)cc3)OC2=O)cc(Cl)cc1[N+](=O)[O-]. The molecule has 0 amide bonds. The van der Waals surface area contributed by atoms with E-state index in [9.17, 15) is 19.7 Å². The molecule has 3 rings (SSSR count). The molecule has 2 aromatic rings. The Morgan fingerprint density at radius 1 is 1.18 bits per heavy atom. The van der Waals surface area contributed by atoms with E-state index in [1.807, 2.05) is 0 Å². The zero-order valence-electron chi connectivity index (χ0n) is 14.3. The van der Waals surface area contributed by atoms with Crippen LogP contribution in [0.15, 0.2) is 48.0 Å². The van der Waals surface area contributed by atoms with E-state index in [1.54, 1.807) is 24.3 Å². The van der Waals surface area contributed by atoms with E-state index >= 15 is 0 Å². The number of halogens is 2. The number of nitro benzene ring substituents is 1. The normalized spacial score (nSPS) is 14.6. The van der Waals surface area contributed by atoms with Crippen molar-refractivity contribution < 1.29 is 24.0 Å². The molecule has 0 unspecified atom stereocenters. The monoisotopic (exact) mass is 419 g/mol. The van der Waals surface area contributed by atoms with E-state index < -0.39 is 22.5 Å². The molecule has 1 aliphatic rings. The number of carbonyl (C=O) groups excluding carboxylic acids is 2. The number of nitrogens with zero attached hydrogens (tertiary/aromatic N) is 1. The highest BCUT2D eigenvalue weighted by Gasteiger charge is 2.26. The van der Waals surface area contributed by atoms with Crippen LogP contribution >= 0.6 is 23.2 Å². The Hall–Kier alpha value is -3.16. The molecule has 1 aliphatic heterocycles. The molecule has 0 atom stereocenters. The Bertz CT molecular complexity index is 1060. The van der Waals surface area contributed by atoms with Crippen molar-refractivity contribution in [3.05, 3.63) is 79.3 Å². The Kier molecular flexibility index (Phi) is 5.48. The van der Waals surface area contributed by atoms with Crippen molar-refractivity contribution in [3.63, 3.8) is 0 Å². The summed E-state index contributed by atoms with van der Waals surface area (Å²) in [4.78, 5) is 34.2. The number of carbonyl (C=O) groups is 2. The number of hydrogen-bond acceptors (Lipinski definition) is 6. The van der Waals surface area contributed by atoms with Crippen molar-refractivity contribution in [2.45, 2.75) is 6.92 Å². The topological polar surface area (TPSA) is 95.7 Å². The van der Waals surface area contributed by atoms with E-state index in [0.29, 0.717) is 16.3 Å². The van der Waals surface area contributed by atoms with E-state index in [2.05, 4.69) is 0 Å². The fourth-order valence-corrected chi connectivity index (χ4v) is 2.86. The second-order valence-corrected chi connectivity index (χ2v) is 6.57. The summed E-state index contributed by atoms with van der Waals surface area (Å²) >= 11 is 11.8. The predicted molar refractivity (Wildman–Crippen MR) is 103 cm³/mol. The largest absolute Gasteiger partial charge is 0.422 e. The average Bonchev–Trinajstić information content (AvgIpc) is 2.97. The summed E-state index contributed by atoms with van der Waals surface area (Å²) in [6.07, 6.45) is 2.78. The minimum Gasteiger partial charge on any atom is -0.422 e. The van der Waals surface area contributed by atoms with Crippen LogP contribution in [0.4, 0.5) is 5.69 Å². The summed E-state index contributed by atoms with van der Waals surface area (Å²) in [7, 11) is 0. The standard InChI is InChI=1S/C19H11Cl2NO6/c1-10(23)27-18-12(7-15(21)9-16(18)22(25)26)6-13-8-17(28-19(13)24)11-2-4-14(20)5-3-11/h2-9H,1H3/b13-6-. The highest BCUT2D eigenvalue weighted by atomic mass is 35.5. The van der Waals surface area contributed by atoms with Gasteiger partial charge in [-0.05, 0) is 42.5 Å². The van der Waals surface area contributed by atoms with E-state index in [1.165, 1.54) is 18.2 Å². The maximum absolute atomic E-state index is 12.2. The average molecular weight is 420 g/mol. The molecule has 0 fully saturated rings. The summed E-state index contributed by atoms with van der Waals surface area (Å²) in [5.74, 6) is -1.44. The lowest BCUT2D eigenvalue weighted by atomic mass is 10.1. The fraction of sp³-hybridized carbons (Fsp3) is 0.0526. The summed E-state index contributed by atoms with van der Waals surface area (Å²) in [6, 6.07) is 9.06. The number of rotatable bonds is 4. The van der Waals surface area contributed by atoms with Gasteiger partial charge in [-0.2, -0.15) is 0 Å². The summed E-state index contributed by atoms with van der Waals surface area (Å²) in [6.45, 7) is 1.11.